The summed E-state index contributed by atoms with van der Waals surface area (Å²) < 4.78 is 0. The van der Waals surface area contributed by atoms with Gasteiger partial charge in [-0.1, -0.05) is 0 Å². The van der Waals surface area contributed by atoms with Gasteiger partial charge in [0.1, 0.15) is 0 Å². The van der Waals surface area contributed by atoms with Crippen molar-refractivity contribution in [3.05, 3.63) is 0 Å². The van der Waals surface area contributed by atoms with E-state index in [-0.39, 0.29) is 0 Å². The fourth-order valence-corrected chi connectivity index (χ4v) is 1.09. The molecular formula is C6H14N2. The zero-order valence-corrected chi connectivity index (χ0v) is 5.81. The van der Waals surface area contributed by atoms with Crippen LogP contribution in [0.15, 0.2) is 0 Å². The molecule has 0 radical (unpaired) electrons. The van der Waals surface area contributed by atoms with Gasteiger partial charge < -0.3 is 10.2 Å². The normalized spacial score (nSPS) is 37.5. The summed E-state index contributed by atoms with van der Waals surface area (Å²) in [4.78, 5) is 2.27. The maximum Gasteiger partial charge on any atom is 0.0365 e. The molecule has 1 N–H and O–H groups in total. The first-order valence-corrected chi connectivity index (χ1v) is 3.11. The Morgan fingerprint density at radius 3 is 2.12 bits per heavy atom. The van der Waals surface area contributed by atoms with Crippen LogP contribution in [0, 0.1) is 0 Å². The SMILES string of the molecule is C[C@@H]1NC[C@H]1N(C)C. The third kappa shape index (κ3) is 0.858. The topological polar surface area (TPSA) is 15.3 Å². The van der Waals surface area contributed by atoms with E-state index in [1.165, 1.54) is 0 Å². The van der Waals surface area contributed by atoms with Crippen molar-refractivity contribution in [2.75, 3.05) is 20.6 Å². The van der Waals surface area contributed by atoms with Crippen molar-refractivity contribution >= 4 is 0 Å². The van der Waals surface area contributed by atoms with Crippen LogP contribution in [0.3, 0.4) is 0 Å². The van der Waals surface area contributed by atoms with E-state index >= 15 is 0 Å². The van der Waals surface area contributed by atoms with E-state index in [4.69, 9.17) is 0 Å². The van der Waals surface area contributed by atoms with Crippen LogP contribution < -0.4 is 5.32 Å². The third-order valence-electron chi connectivity index (χ3n) is 1.89. The minimum absolute atomic E-state index is 0.699. The van der Waals surface area contributed by atoms with Gasteiger partial charge in [0, 0.05) is 18.6 Å². The molecule has 2 heteroatoms. The highest BCUT2D eigenvalue weighted by molar-refractivity contribution is 4.89. The maximum absolute atomic E-state index is 3.30. The minimum Gasteiger partial charge on any atom is -0.311 e. The zero-order chi connectivity index (χ0) is 6.15. The molecule has 0 aliphatic carbocycles. The summed E-state index contributed by atoms with van der Waals surface area (Å²) in [5.41, 5.74) is 0. The van der Waals surface area contributed by atoms with Gasteiger partial charge >= 0.3 is 0 Å². The average Bonchev–Trinajstić information content (AvgIpc) is 1.61. The van der Waals surface area contributed by atoms with Crippen LogP contribution in [0.5, 0.6) is 0 Å². The lowest BCUT2D eigenvalue weighted by Crippen LogP contribution is -2.61. The van der Waals surface area contributed by atoms with Gasteiger partial charge in [-0.05, 0) is 21.0 Å². The average molecular weight is 114 g/mol. The second-order valence-electron chi connectivity index (χ2n) is 2.73. The molecule has 2 nitrogen and oxygen atoms in total. The molecule has 0 unspecified atom stereocenters. The summed E-state index contributed by atoms with van der Waals surface area (Å²) in [5, 5.41) is 3.30. The molecule has 0 aromatic rings. The van der Waals surface area contributed by atoms with Crippen molar-refractivity contribution in [1.82, 2.24) is 10.2 Å². The highest BCUT2D eigenvalue weighted by Gasteiger charge is 2.26. The summed E-state index contributed by atoms with van der Waals surface area (Å²) in [7, 11) is 4.25. The standard InChI is InChI=1S/C6H14N2/c1-5-6(4-7-5)8(2)3/h5-7H,4H2,1-3H3/t5-,6+/m0/s1. The van der Waals surface area contributed by atoms with Crippen LogP contribution in [0.4, 0.5) is 0 Å². The number of likely N-dealkylation sites (N-methyl/N-ethyl adjacent to an activating group) is 1. The molecule has 48 valence electrons. The monoisotopic (exact) mass is 114 g/mol. The summed E-state index contributed by atoms with van der Waals surface area (Å²) in [6, 6.07) is 1.47. The lowest BCUT2D eigenvalue weighted by atomic mass is 10.0. The largest absolute Gasteiger partial charge is 0.311 e. The summed E-state index contributed by atoms with van der Waals surface area (Å²) in [6.07, 6.45) is 0. The van der Waals surface area contributed by atoms with Crippen LogP contribution in [0.2, 0.25) is 0 Å². The predicted molar refractivity (Wildman–Crippen MR) is 34.9 cm³/mol. The van der Waals surface area contributed by atoms with Gasteiger partial charge in [-0.3, -0.25) is 0 Å². The van der Waals surface area contributed by atoms with Crippen molar-refractivity contribution in [2.45, 2.75) is 19.0 Å². The number of nitrogens with one attached hydrogen (secondary N) is 1. The van der Waals surface area contributed by atoms with Gasteiger partial charge in [-0.25, -0.2) is 0 Å². The van der Waals surface area contributed by atoms with Crippen molar-refractivity contribution in [3.8, 4) is 0 Å². The van der Waals surface area contributed by atoms with E-state index < -0.39 is 0 Å². The second kappa shape index (κ2) is 2.03. The molecule has 0 aromatic heterocycles. The number of rotatable bonds is 1. The van der Waals surface area contributed by atoms with Gasteiger partial charge in [0.15, 0.2) is 0 Å². The van der Waals surface area contributed by atoms with E-state index in [0.717, 1.165) is 12.6 Å². The number of nitrogens with zero attached hydrogens (tertiary/aromatic N) is 1. The molecule has 0 bridgehead atoms. The molecule has 0 amide bonds. The van der Waals surface area contributed by atoms with Gasteiger partial charge in [0.25, 0.3) is 0 Å². The van der Waals surface area contributed by atoms with E-state index in [9.17, 15) is 0 Å². The lowest BCUT2D eigenvalue weighted by molar-refractivity contribution is 0.159. The summed E-state index contributed by atoms with van der Waals surface area (Å²) in [6.45, 7) is 3.38. The molecule has 1 fully saturated rings. The first-order valence-electron chi connectivity index (χ1n) is 3.11. The Kier molecular flexibility index (Phi) is 1.54. The maximum atomic E-state index is 3.30. The second-order valence-corrected chi connectivity index (χ2v) is 2.73. The van der Waals surface area contributed by atoms with Crippen LogP contribution in [-0.4, -0.2) is 37.6 Å². The van der Waals surface area contributed by atoms with Crippen LogP contribution in [0.1, 0.15) is 6.92 Å². The molecular weight excluding hydrogens is 100 g/mol. The minimum atomic E-state index is 0.699. The molecule has 2 atom stereocenters. The first-order chi connectivity index (χ1) is 3.72. The highest BCUT2D eigenvalue weighted by Crippen LogP contribution is 2.07. The summed E-state index contributed by atoms with van der Waals surface area (Å²) in [5.74, 6) is 0. The molecule has 1 saturated heterocycles. The Morgan fingerprint density at radius 2 is 2.12 bits per heavy atom. The molecule has 1 aliphatic heterocycles. The van der Waals surface area contributed by atoms with Gasteiger partial charge in [0.2, 0.25) is 0 Å². The van der Waals surface area contributed by atoms with Gasteiger partial charge in [-0.2, -0.15) is 0 Å². The third-order valence-corrected chi connectivity index (χ3v) is 1.89. The molecule has 8 heavy (non-hydrogen) atoms. The van der Waals surface area contributed by atoms with E-state index in [1.807, 2.05) is 0 Å². The van der Waals surface area contributed by atoms with Crippen LogP contribution in [-0.2, 0) is 0 Å². The fourth-order valence-electron chi connectivity index (χ4n) is 1.09. The molecule has 0 aromatic carbocycles. The Hall–Kier alpha value is -0.0800. The van der Waals surface area contributed by atoms with E-state index in [1.54, 1.807) is 0 Å². The van der Waals surface area contributed by atoms with Gasteiger partial charge in [-0.15, -0.1) is 0 Å². The highest BCUT2D eigenvalue weighted by atomic mass is 15.2. The lowest BCUT2D eigenvalue weighted by Gasteiger charge is -2.40. The smallest absolute Gasteiger partial charge is 0.0365 e. The van der Waals surface area contributed by atoms with E-state index in [2.05, 4.69) is 31.2 Å². The zero-order valence-electron chi connectivity index (χ0n) is 5.81. The van der Waals surface area contributed by atoms with Crippen molar-refractivity contribution in [2.24, 2.45) is 0 Å². The number of hydrogen-bond donors (Lipinski definition) is 1. The molecule has 1 rings (SSSR count). The predicted octanol–water partition coefficient (Wildman–Crippen LogP) is -0.0917. The summed E-state index contributed by atoms with van der Waals surface area (Å²) >= 11 is 0. The molecule has 0 spiro atoms. The molecule has 0 saturated carbocycles. The van der Waals surface area contributed by atoms with Crippen molar-refractivity contribution in [1.29, 1.82) is 0 Å². The first kappa shape index (κ1) is 6.05. The fraction of sp³-hybridized carbons (Fsp3) is 1.00. The Morgan fingerprint density at radius 1 is 1.50 bits per heavy atom. The van der Waals surface area contributed by atoms with Crippen LogP contribution in [0.25, 0.3) is 0 Å². The van der Waals surface area contributed by atoms with E-state index in [0.29, 0.717) is 6.04 Å². The molecule has 1 heterocycles. The van der Waals surface area contributed by atoms with Crippen molar-refractivity contribution in [3.63, 3.8) is 0 Å². The van der Waals surface area contributed by atoms with Crippen molar-refractivity contribution < 1.29 is 0 Å². The molecule has 1 aliphatic rings. The van der Waals surface area contributed by atoms with Gasteiger partial charge in [0.05, 0.1) is 0 Å². The Labute approximate surface area is 50.9 Å². The number of hydrogen-bond acceptors (Lipinski definition) is 2. The Bertz CT molecular complexity index is 75.8. The van der Waals surface area contributed by atoms with Crippen LogP contribution >= 0.6 is 0 Å². The Balaban J connectivity index is 2.26. The quantitative estimate of drug-likeness (QED) is 0.512.